The maximum absolute atomic E-state index is 12.0. The van der Waals surface area contributed by atoms with Gasteiger partial charge >= 0.3 is 5.63 Å². The van der Waals surface area contributed by atoms with E-state index in [1.165, 1.54) is 6.07 Å². The van der Waals surface area contributed by atoms with E-state index in [1.54, 1.807) is 12.1 Å². The molecule has 152 valence electrons. The van der Waals surface area contributed by atoms with Crippen molar-refractivity contribution in [2.75, 3.05) is 19.8 Å². The van der Waals surface area contributed by atoms with Crippen molar-refractivity contribution in [2.24, 2.45) is 0 Å². The summed E-state index contributed by atoms with van der Waals surface area (Å²) in [6.45, 7) is 4.67. The lowest BCUT2D eigenvalue weighted by Gasteiger charge is -2.10. The first kappa shape index (κ1) is 20.5. The number of benzene rings is 2. The van der Waals surface area contributed by atoms with Crippen molar-refractivity contribution < 1.29 is 18.7 Å². The molecule has 0 aliphatic carbocycles. The van der Waals surface area contributed by atoms with Crippen LogP contribution in [0.4, 0.5) is 0 Å². The Morgan fingerprint density at radius 3 is 2.69 bits per heavy atom. The molecule has 0 saturated heterocycles. The van der Waals surface area contributed by atoms with Crippen LogP contribution in [-0.2, 0) is 11.2 Å². The summed E-state index contributed by atoms with van der Waals surface area (Å²) in [5.41, 5.74) is 2.15. The lowest BCUT2D eigenvalue weighted by Crippen LogP contribution is -2.32. The van der Waals surface area contributed by atoms with Crippen LogP contribution in [0.3, 0.4) is 0 Å². The summed E-state index contributed by atoms with van der Waals surface area (Å²) >= 11 is 0. The van der Waals surface area contributed by atoms with Crippen LogP contribution in [0, 0.1) is 6.92 Å². The highest BCUT2D eigenvalue weighted by Crippen LogP contribution is 2.23. The molecule has 0 aliphatic heterocycles. The molecule has 0 radical (unpaired) electrons. The minimum Gasteiger partial charge on any atom is -0.492 e. The molecule has 3 rings (SSSR count). The predicted molar refractivity (Wildman–Crippen MR) is 112 cm³/mol. The van der Waals surface area contributed by atoms with E-state index in [-0.39, 0.29) is 18.1 Å². The van der Waals surface area contributed by atoms with E-state index in [9.17, 15) is 9.59 Å². The molecule has 3 aromatic rings. The number of carbonyl (C=O) groups excluding carboxylic acids is 1. The number of nitrogens with one attached hydrogen (secondary N) is 1. The van der Waals surface area contributed by atoms with Gasteiger partial charge < -0.3 is 19.2 Å². The van der Waals surface area contributed by atoms with Crippen molar-refractivity contribution in [3.8, 4) is 11.5 Å². The molecule has 6 nitrogen and oxygen atoms in total. The second-order valence-corrected chi connectivity index (χ2v) is 6.80. The van der Waals surface area contributed by atoms with Crippen LogP contribution < -0.4 is 20.4 Å². The molecule has 0 atom stereocenters. The van der Waals surface area contributed by atoms with Crippen LogP contribution in [0.2, 0.25) is 0 Å². The Bertz CT molecular complexity index is 1040. The molecule has 2 aromatic carbocycles. The number of rotatable bonds is 9. The maximum Gasteiger partial charge on any atom is 0.336 e. The molecule has 0 unspecified atom stereocenters. The molecule has 6 heteroatoms. The number of hydrogen-bond acceptors (Lipinski definition) is 5. The monoisotopic (exact) mass is 395 g/mol. The smallest absolute Gasteiger partial charge is 0.336 e. The summed E-state index contributed by atoms with van der Waals surface area (Å²) in [4.78, 5) is 23.7. The van der Waals surface area contributed by atoms with E-state index >= 15 is 0 Å². The van der Waals surface area contributed by atoms with Gasteiger partial charge in [0.1, 0.15) is 23.7 Å². The SMILES string of the molecule is CCCc1cc(=O)oc2cc(OCC(=O)NCCOc3cccc(C)c3)ccc12. The second kappa shape index (κ2) is 9.78. The fourth-order valence-corrected chi connectivity index (χ4v) is 3.04. The molecule has 1 aromatic heterocycles. The molecule has 0 bridgehead atoms. The van der Waals surface area contributed by atoms with Gasteiger partial charge in [0.2, 0.25) is 0 Å². The van der Waals surface area contributed by atoms with Gasteiger partial charge in [-0.05, 0) is 48.7 Å². The first-order valence-corrected chi connectivity index (χ1v) is 9.71. The Morgan fingerprint density at radius 1 is 1.07 bits per heavy atom. The Labute approximate surface area is 169 Å². The first-order chi connectivity index (χ1) is 14.0. The van der Waals surface area contributed by atoms with Crippen LogP contribution in [0.1, 0.15) is 24.5 Å². The molecule has 29 heavy (non-hydrogen) atoms. The topological polar surface area (TPSA) is 77.8 Å². The lowest BCUT2D eigenvalue weighted by molar-refractivity contribution is -0.123. The fourth-order valence-electron chi connectivity index (χ4n) is 3.04. The maximum atomic E-state index is 12.0. The lowest BCUT2D eigenvalue weighted by atomic mass is 10.1. The fraction of sp³-hybridized carbons (Fsp3) is 0.304. The number of hydrogen-bond donors (Lipinski definition) is 1. The second-order valence-electron chi connectivity index (χ2n) is 6.80. The zero-order chi connectivity index (χ0) is 20.6. The van der Waals surface area contributed by atoms with Gasteiger partial charge in [-0.3, -0.25) is 4.79 Å². The first-order valence-electron chi connectivity index (χ1n) is 9.71. The molecule has 1 N–H and O–H groups in total. The minimum atomic E-state index is -0.385. The van der Waals surface area contributed by atoms with E-state index in [0.717, 1.165) is 35.1 Å². The molecular formula is C23H25NO5. The highest BCUT2D eigenvalue weighted by atomic mass is 16.5. The standard InChI is InChI=1S/C23H25NO5/c1-3-5-17-13-23(26)29-21-14-19(8-9-20(17)21)28-15-22(25)24-10-11-27-18-7-4-6-16(2)12-18/h4,6-9,12-14H,3,5,10-11,15H2,1-2H3,(H,24,25). The zero-order valence-corrected chi connectivity index (χ0v) is 16.7. The quantitative estimate of drug-likeness (QED) is 0.442. The number of carbonyl (C=O) groups is 1. The number of amides is 1. The molecule has 0 saturated carbocycles. The summed E-state index contributed by atoms with van der Waals surface area (Å²) in [7, 11) is 0. The van der Waals surface area contributed by atoms with E-state index in [4.69, 9.17) is 13.9 Å². The minimum absolute atomic E-state index is 0.130. The average molecular weight is 395 g/mol. The Hall–Kier alpha value is -3.28. The van der Waals surface area contributed by atoms with Gasteiger partial charge in [-0.1, -0.05) is 25.5 Å². The van der Waals surface area contributed by atoms with E-state index < -0.39 is 0 Å². The van der Waals surface area contributed by atoms with Gasteiger partial charge in [0.15, 0.2) is 6.61 Å². The van der Waals surface area contributed by atoms with Gasteiger partial charge in [-0.15, -0.1) is 0 Å². The third-order valence-corrected chi connectivity index (χ3v) is 4.37. The molecule has 1 amide bonds. The normalized spacial score (nSPS) is 10.7. The highest BCUT2D eigenvalue weighted by Gasteiger charge is 2.08. The van der Waals surface area contributed by atoms with Crippen molar-refractivity contribution in [1.29, 1.82) is 0 Å². The van der Waals surface area contributed by atoms with Crippen LogP contribution >= 0.6 is 0 Å². The van der Waals surface area contributed by atoms with E-state index in [0.29, 0.717) is 24.5 Å². The van der Waals surface area contributed by atoms with E-state index in [2.05, 4.69) is 12.2 Å². The van der Waals surface area contributed by atoms with Gasteiger partial charge in [0.25, 0.3) is 5.91 Å². The van der Waals surface area contributed by atoms with Gasteiger partial charge in [-0.2, -0.15) is 0 Å². The Morgan fingerprint density at radius 2 is 1.90 bits per heavy atom. The number of ether oxygens (including phenoxy) is 2. The molecule has 0 spiro atoms. The molecular weight excluding hydrogens is 370 g/mol. The third-order valence-electron chi connectivity index (χ3n) is 4.37. The average Bonchev–Trinajstić information content (AvgIpc) is 2.69. The van der Waals surface area contributed by atoms with E-state index in [1.807, 2.05) is 37.3 Å². The van der Waals surface area contributed by atoms with Gasteiger partial charge in [0, 0.05) is 17.5 Å². The molecule has 0 fully saturated rings. The summed E-state index contributed by atoms with van der Waals surface area (Å²) in [5.74, 6) is 0.996. The van der Waals surface area contributed by atoms with Crippen molar-refractivity contribution >= 4 is 16.9 Å². The van der Waals surface area contributed by atoms with Crippen molar-refractivity contribution in [2.45, 2.75) is 26.7 Å². The van der Waals surface area contributed by atoms with Crippen molar-refractivity contribution in [1.82, 2.24) is 5.32 Å². The van der Waals surface area contributed by atoms with Gasteiger partial charge in [0.05, 0.1) is 6.54 Å². The predicted octanol–water partition coefficient (Wildman–Crippen LogP) is 3.63. The summed E-state index contributed by atoms with van der Waals surface area (Å²) < 4.78 is 16.4. The summed E-state index contributed by atoms with van der Waals surface area (Å²) in [5, 5.41) is 3.63. The van der Waals surface area contributed by atoms with Crippen LogP contribution in [-0.4, -0.2) is 25.7 Å². The van der Waals surface area contributed by atoms with Crippen molar-refractivity contribution in [3.05, 3.63) is 70.1 Å². The zero-order valence-electron chi connectivity index (χ0n) is 16.7. The number of aryl methyl sites for hydroxylation is 2. The third kappa shape index (κ3) is 5.85. The van der Waals surface area contributed by atoms with Crippen LogP contribution in [0.25, 0.3) is 11.0 Å². The van der Waals surface area contributed by atoms with Gasteiger partial charge in [-0.25, -0.2) is 4.79 Å². The summed E-state index contributed by atoms with van der Waals surface area (Å²) in [6.07, 6.45) is 1.74. The Kier molecular flexibility index (Phi) is 6.89. The number of fused-ring (bicyclic) bond motifs is 1. The molecule has 1 heterocycles. The highest BCUT2D eigenvalue weighted by molar-refractivity contribution is 5.82. The van der Waals surface area contributed by atoms with Crippen LogP contribution in [0.5, 0.6) is 11.5 Å². The largest absolute Gasteiger partial charge is 0.492 e. The summed E-state index contributed by atoms with van der Waals surface area (Å²) in [6, 6.07) is 14.5. The van der Waals surface area contributed by atoms with Crippen molar-refractivity contribution in [3.63, 3.8) is 0 Å². The Balaban J connectivity index is 1.49. The van der Waals surface area contributed by atoms with Crippen LogP contribution in [0.15, 0.2) is 57.7 Å². The molecule has 0 aliphatic rings.